The molecule has 0 bridgehead atoms. The first-order valence-electron chi connectivity index (χ1n) is 9.60. The van der Waals surface area contributed by atoms with Gasteiger partial charge < -0.3 is 19.4 Å². The van der Waals surface area contributed by atoms with E-state index in [1.165, 1.54) is 24.5 Å². The van der Waals surface area contributed by atoms with Crippen molar-refractivity contribution in [2.45, 2.75) is 18.8 Å². The number of esters is 1. The highest BCUT2D eigenvalue weighted by Crippen LogP contribution is 2.67. The van der Waals surface area contributed by atoms with Crippen LogP contribution in [0.15, 0.2) is 29.3 Å². The van der Waals surface area contributed by atoms with Crippen molar-refractivity contribution in [2.75, 3.05) is 20.8 Å². The molecular weight excluding hydrogens is 404 g/mol. The van der Waals surface area contributed by atoms with Gasteiger partial charge in [0.1, 0.15) is 5.75 Å². The molecule has 0 aromatic carbocycles. The quantitative estimate of drug-likeness (QED) is 0.602. The minimum absolute atomic E-state index is 0.177. The van der Waals surface area contributed by atoms with E-state index in [0.717, 1.165) is 17.0 Å². The third-order valence-corrected chi connectivity index (χ3v) is 7.16. The number of carbonyl (C=O) groups is 3. The van der Waals surface area contributed by atoms with Crippen molar-refractivity contribution in [3.63, 3.8) is 0 Å². The summed E-state index contributed by atoms with van der Waals surface area (Å²) in [4.78, 5) is 43.9. The number of nitrogens with one attached hydrogen (secondary N) is 1. The molecule has 8 heteroatoms. The van der Waals surface area contributed by atoms with Gasteiger partial charge in [-0.25, -0.2) is 4.79 Å². The van der Waals surface area contributed by atoms with Crippen molar-refractivity contribution in [2.24, 2.45) is 5.92 Å². The van der Waals surface area contributed by atoms with Crippen molar-refractivity contribution >= 4 is 35.1 Å². The fourth-order valence-electron chi connectivity index (χ4n) is 4.85. The molecule has 1 spiro atoms. The second-order valence-electron chi connectivity index (χ2n) is 7.80. The first-order chi connectivity index (χ1) is 14.4. The standard InChI is InChI=1S/C22H20N2O5S/c1-11-18(21(27)29-3)19-20(23-11)15(25)7-16-22(19)8-12(22)9-24(16)17(26)5-4-14-6-13(28-2)10-30-14/h4-7,10,12,23H,8-9H2,1-3H3/b5-4+/t12-,22+/m1/s1. The van der Waals surface area contributed by atoms with Crippen molar-refractivity contribution in [3.05, 3.63) is 56.7 Å². The number of hydrogen-bond donors (Lipinski definition) is 1. The summed E-state index contributed by atoms with van der Waals surface area (Å²) in [6, 6.07) is 1.86. The van der Waals surface area contributed by atoms with Crippen LogP contribution in [0.3, 0.4) is 0 Å². The van der Waals surface area contributed by atoms with E-state index in [9.17, 15) is 14.4 Å². The Morgan fingerprint density at radius 3 is 2.87 bits per heavy atom. The van der Waals surface area contributed by atoms with Crippen LogP contribution in [0.4, 0.5) is 0 Å². The number of H-pyrrole nitrogens is 1. The van der Waals surface area contributed by atoms with Gasteiger partial charge in [0.05, 0.1) is 25.5 Å². The van der Waals surface area contributed by atoms with Crippen LogP contribution in [0.1, 0.15) is 43.4 Å². The number of aromatic nitrogens is 1. The molecule has 5 rings (SSSR count). The molecule has 154 valence electrons. The van der Waals surface area contributed by atoms with Crippen LogP contribution in [0.2, 0.25) is 0 Å². The van der Waals surface area contributed by atoms with Gasteiger partial charge in [0.25, 0.3) is 5.91 Å². The van der Waals surface area contributed by atoms with Gasteiger partial charge in [-0.05, 0) is 31.4 Å². The molecule has 0 radical (unpaired) electrons. The summed E-state index contributed by atoms with van der Waals surface area (Å²) in [6.45, 7) is 2.29. The predicted octanol–water partition coefficient (Wildman–Crippen LogP) is 3.07. The first kappa shape index (κ1) is 18.9. The molecule has 0 unspecified atom stereocenters. The monoisotopic (exact) mass is 424 g/mol. The molecule has 3 heterocycles. The number of aryl methyl sites for hydroxylation is 1. The van der Waals surface area contributed by atoms with E-state index in [-0.39, 0.29) is 17.6 Å². The SMILES string of the molecule is COC(=O)c1c(C)[nH]c2c1[C@@]13C[C@@H]1CN(C(=O)/C=C/c1cc(OC)cs1)C3=CC2=O. The highest BCUT2D eigenvalue weighted by molar-refractivity contribution is 7.11. The number of nitrogens with zero attached hydrogens (tertiary/aromatic N) is 1. The van der Waals surface area contributed by atoms with E-state index in [4.69, 9.17) is 9.47 Å². The van der Waals surface area contributed by atoms with Gasteiger partial charge in [-0.1, -0.05) is 0 Å². The summed E-state index contributed by atoms with van der Waals surface area (Å²) in [7, 11) is 2.93. The Morgan fingerprint density at radius 1 is 1.37 bits per heavy atom. The summed E-state index contributed by atoms with van der Waals surface area (Å²) in [5, 5.41) is 1.87. The number of methoxy groups -OCH3 is 2. The normalized spacial score (nSPS) is 23.7. The highest BCUT2D eigenvalue weighted by Gasteiger charge is 2.68. The van der Waals surface area contributed by atoms with Gasteiger partial charge in [-0.2, -0.15) is 0 Å². The summed E-state index contributed by atoms with van der Waals surface area (Å²) < 4.78 is 10.1. The summed E-state index contributed by atoms with van der Waals surface area (Å²) in [5.74, 6) is 0.0769. The zero-order valence-corrected chi connectivity index (χ0v) is 17.6. The van der Waals surface area contributed by atoms with Crippen LogP contribution in [0.5, 0.6) is 5.75 Å². The number of aromatic amines is 1. The van der Waals surface area contributed by atoms with Crippen LogP contribution in [0.25, 0.3) is 6.08 Å². The maximum atomic E-state index is 13.0. The van der Waals surface area contributed by atoms with Gasteiger partial charge >= 0.3 is 5.97 Å². The highest BCUT2D eigenvalue weighted by atomic mass is 32.1. The second-order valence-corrected chi connectivity index (χ2v) is 8.75. The average Bonchev–Trinajstić information content (AvgIpc) is 3.04. The van der Waals surface area contributed by atoms with Crippen molar-refractivity contribution in [3.8, 4) is 5.75 Å². The summed E-state index contributed by atoms with van der Waals surface area (Å²) in [6.07, 6.45) is 5.64. The third kappa shape index (κ3) is 2.46. The number of piperidine rings is 1. The van der Waals surface area contributed by atoms with Crippen molar-refractivity contribution < 1.29 is 23.9 Å². The Bertz CT molecular complexity index is 1170. The molecule has 7 nitrogen and oxygen atoms in total. The third-order valence-electron chi connectivity index (χ3n) is 6.28. The molecule has 2 fully saturated rings. The molecule has 3 aliphatic rings. The lowest BCUT2D eigenvalue weighted by Gasteiger charge is -2.27. The number of amides is 1. The van der Waals surface area contributed by atoms with E-state index in [0.29, 0.717) is 34.8 Å². The van der Waals surface area contributed by atoms with E-state index < -0.39 is 11.4 Å². The number of hydrogen-bond acceptors (Lipinski definition) is 6. The van der Waals surface area contributed by atoms with Crippen molar-refractivity contribution in [1.82, 2.24) is 9.88 Å². The summed E-state index contributed by atoms with van der Waals surface area (Å²) in [5.41, 5.74) is 2.40. The van der Waals surface area contributed by atoms with Gasteiger partial charge in [-0.3, -0.25) is 9.59 Å². The van der Waals surface area contributed by atoms with E-state index in [2.05, 4.69) is 4.98 Å². The molecule has 1 N–H and O–H groups in total. The van der Waals surface area contributed by atoms with E-state index in [1.54, 1.807) is 31.1 Å². The Kier molecular flexibility index (Phi) is 4.05. The molecule has 2 atom stereocenters. The maximum Gasteiger partial charge on any atom is 0.340 e. The molecule has 1 saturated heterocycles. The first-order valence-corrected chi connectivity index (χ1v) is 10.5. The minimum atomic E-state index is -0.465. The molecule has 1 aliphatic heterocycles. The molecule has 2 aromatic rings. The molecular formula is C22H20N2O5S. The number of ketones is 1. The van der Waals surface area contributed by atoms with E-state index >= 15 is 0 Å². The number of rotatable bonds is 4. The predicted molar refractivity (Wildman–Crippen MR) is 111 cm³/mol. The zero-order chi connectivity index (χ0) is 21.2. The fraction of sp³-hybridized carbons (Fsp3) is 0.318. The molecule has 30 heavy (non-hydrogen) atoms. The van der Waals surface area contributed by atoms with Crippen molar-refractivity contribution in [1.29, 1.82) is 0 Å². The number of likely N-dealkylation sites (tertiary alicyclic amines) is 1. The van der Waals surface area contributed by atoms with Crippen LogP contribution in [-0.4, -0.2) is 48.3 Å². The van der Waals surface area contributed by atoms with Gasteiger partial charge in [0.15, 0.2) is 0 Å². The fourth-order valence-corrected chi connectivity index (χ4v) is 5.60. The number of carbonyl (C=O) groups excluding carboxylic acids is 3. The zero-order valence-electron chi connectivity index (χ0n) is 16.8. The number of thiophene rings is 1. The Balaban J connectivity index is 1.49. The Labute approximate surface area is 177 Å². The Morgan fingerprint density at radius 2 is 2.17 bits per heavy atom. The number of ether oxygens (including phenoxy) is 2. The lowest BCUT2D eigenvalue weighted by molar-refractivity contribution is -0.123. The molecule has 2 aromatic heterocycles. The van der Waals surface area contributed by atoms with Crippen LogP contribution in [-0.2, 0) is 14.9 Å². The van der Waals surface area contributed by atoms with E-state index in [1.807, 2.05) is 11.4 Å². The minimum Gasteiger partial charge on any atom is -0.496 e. The van der Waals surface area contributed by atoms with Gasteiger partial charge in [0.2, 0.25) is 5.78 Å². The van der Waals surface area contributed by atoms with Crippen LogP contribution in [0, 0.1) is 12.8 Å². The van der Waals surface area contributed by atoms with Crippen LogP contribution < -0.4 is 4.74 Å². The molecule has 1 saturated carbocycles. The van der Waals surface area contributed by atoms with Gasteiger partial charge in [0, 0.05) is 51.3 Å². The molecule has 2 aliphatic carbocycles. The smallest absolute Gasteiger partial charge is 0.340 e. The topological polar surface area (TPSA) is 88.7 Å². The lowest BCUT2D eigenvalue weighted by atomic mass is 9.82. The molecule has 1 amide bonds. The number of fused-ring (bicyclic) bond motifs is 1. The van der Waals surface area contributed by atoms with Gasteiger partial charge in [-0.15, -0.1) is 11.3 Å². The second kappa shape index (κ2) is 6.43. The Hall–Kier alpha value is -3.13. The number of allylic oxidation sites excluding steroid dienone is 2. The largest absolute Gasteiger partial charge is 0.496 e. The average molecular weight is 424 g/mol. The lowest BCUT2D eigenvalue weighted by Crippen LogP contribution is -2.33. The van der Waals surface area contributed by atoms with Crippen LogP contribution >= 0.6 is 11.3 Å². The maximum absolute atomic E-state index is 13.0. The summed E-state index contributed by atoms with van der Waals surface area (Å²) >= 11 is 1.48.